The van der Waals surface area contributed by atoms with Crippen LogP contribution < -0.4 is 10.6 Å². The van der Waals surface area contributed by atoms with E-state index in [2.05, 4.69) is 6.07 Å². The molecule has 2 aromatic rings. The van der Waals surface area contributed by atoms with E-state index in [4.69, 9.17) is 11.0 Å². The minimum absolute atomic E-state index is 0.172. The van der Waals surface area contributed by atoms with Crippen LogP contribution in [0.1, 0.15) is 21.5 Å². The van der Waals surface area contributed by atoms with E-state index in [-0.39, 0.29) is 5.56 Å². The van der Waals surface area contributed by atoms with Crippen LogP contribution in [0, 0.1) is 11.3 Å². The zero-order chi connectivity index (χ0) is 15.4. The molecule has 0 spiro atoms. The second-order valence-electron chi connectivity index (χ2n) is 4.75. The van der Waals surface area contributed by atoms with Gasteiger partial charge in [-0.3, -0.25) is 0 Å². The number of carboxylic acid groups (broad SMARTS) is 1. The number of nitriles is 1. The summed E-state index contributed by atoms with van der Waals surface area (Å²) < 4.78 is 0. The molecular weight excluding hydrogens is 266 g/mol. The van der Waals surface area contributed by atoms with Gasteiger partial charge in [0.15, 0.2) is 0 Å². The highest BCUT2D eigenvalue weighted by molar-refractivity contribution is 5.95. The largest absolute Gasteiger partial charge is 0.478 e. The number of nitrogens with two attached hydrogens (primary N) is 1. The summed E-state index contributed by atoms with van der Waals surface area (Å²) in [7, 11) is 1.82. The Labute approximate surface area is 122 Å². The Kier molecular flexibility index (Phi) is 4.10. The Morgan fingerprint density at radius 2 is 1.95 bits per heavy atom. The second-order valence-corrected chi connectivity index (χ2v) is 4.75. The summed E-state index contributed by atoms with van der Waals surface area (Å²) in [6.45, 7) is 0.538. The predicted octanol–water partition coefficient (Wildman–Crippen LogP) is 2.48. The quantitative estimate of drug-likeness (QED) is 0.840. The third kappa shape index (κ3) is 3.31. The molecule has 0 unspecified atom stereocenters. The fourth-order valence-electron chi connectivity index (χ4n) is 2.10. The van der Waals surface area contributed by atoms with Gasteiger partial charge in [0.25, 0.3) is 0 Å². The molecule has 0 amide bonds. The van der Waals surface area contributed by atoms with Crippen molar-refractivity contribution in [3.63, 3.8) is 0 Å². The van der Waals surface area contributed by atoms with E-state index in [1.165, 1.54) is 6.07 Å². The molecule has 106 valence electrons. The summed E-state index contributed by atoms with van der Waals surface area (Å²) in [5.74, 6) is -1.01. The highest BCUT2D eigenvalue weighted by atomic mass is 16.4. The van der Waals surface area contributed by atoms with Crippen LogP contribution in [0.4, 0.5) is 11.4 Å². The number of anilines is 2. The second kappa shape index (κ2) is 5.97. The number of carbonyl (C=O) groups is 1. The number of nitrogen functional groups attached to an aromatic ring is 1. The van der Waals surface area contributed by atoms with Crippen LogP contribution in [0.25, 0.3) is 0 Å². The highest BCUT2D eigenvalue weighted by Gasteiger charge is 2.14. The van der Waals surface area contributed by atoms with Gasteiger partial charge in [-0.1, -0.05) is 12.1 Å². The number of nitrogens with zero attached hydrogens (tertiary/aromatic N) is 2. The number of rotatable bonds is 4. The van der Waals surface area contributed by atoms with Crippen molar-refractivity contribution < 1.29 is 9.90 Å². The van der Waals surface area contributed by atoms with E-state index in [1.54, 1.807) is 24.3 Å². The van der Waals surface area contributed by atoms with Gasteiger partial charge in [0.05, 0.1) is 22.9 Å². The lowest BCUT2D eigenvalue weighted by Gasteiger charge is -2.21. The van der Waals surface area contributed by atoms with Crippen molar-refractivity contribution in [3.05, 3.63) is 59.2 Å². The van der Waals surface area contributed by atoms with E-state index in [1.807, 2.05) is 24.1 Å². The summed E-state index contributed by atoms with van der Waals surface area (Å²) in [5, 5.41) is 18.0. The van der Waals surface area contributed by atoms with Crippen LogP contribution in [-0.4, -0.2) is 18.1 Å². The van der Waals surface area contributed by atoms with Crippen molar-refractivity contribution in [3.8, 4) is 6.07 Å². The van der Waals surface area contributed by atoms with Crippen molar-refractivity contribution in [1.82, 2.24) is 0 Å². The Bertz CT molecular complexity index is 702. The number of hydrogen-bond donors (Lipinski definition) is 2. The first-order valence-corrected chi connectivity index (χ1v) is 6.34. The molecule has 21 heavy (non-hydrogen) atoms. The molecule has 5 heteroatoms. The molecule has 2 rings (SSSR count). The maximum atomic E-state index is 11.3. The Hall–Kier alpha value is -3.00. The van der Waals surface area contributed by atoms with Gasteiger partial charge >= 0.3 is 5.97 Å². The van der Waals surface area contributed by atoms with E-state index in [9.17, 15) is 9.90 Å². The molecule has 0 aliphatic carbocycles. The topological polar surface area (TPSA) is 90.4 Å². The van der Waals surface area contributed by atoms with Crippen LogP contribution in [-0.2, 0) is 6.54 Å². The third-order valence-electron chi connectivity index (χ3n) is 3.17. The van der Waals surface area contributed by atoms with Gasteiger partial charge in [0, 0.05) is 19.3 Å². The van der Waals surface area contributed by atoms with Gasteiger partial charge in [-0.05, 0) is 35.9 Å². The van der Waals surface area contributed by atoms with E-state index < -0.39 is 5.97 Å². The first-order chi connectivity index (χ1) is 10.0. The maximum absolute atomic E-state index is 11.3. The molecule has 2 aromatic carbocycles. The van der Waals surface area contributed by atoms with Crippen molar-refractivity contribution in [2.75, 3.05) is 17.7 Å². The molecule has 0 radical (unpaired) electrons. The third-order valence-corrected chi connectivity index (χ3v) is 3.17. The predicted molar refractivity (Wildman–Crippen MR) is 81.1 cm³/mol. The van der Waals surface area contributed by atoms with E-state index >= 15 is 0 Å². The van der Waals surface area contributed by atoms with E-state index in [0.717, 1.165) is 5.56 Å². The van der Waals surface area contributed by atoms with Crippen LogP contribution in [0.15, 0.2) is 42.5 Å². The van der Waals surface area contributed by atoms with Crippen LogP contribution in [0.3, 0.4) is 0 Å². The molecule has 0 heterocycles. The Morgan fingerprint density at radius 1 is 1.29 bits per heavy atom. The van der Waals surface area contributed by atoms with Gasteiger partial charge in [-0.15, -0.1) is 0 Å². The SMILES string of the molecule is CN(Cc1ccc(C#N)cc1)c1ccc(N)cc1C(=O)O. The smallest absolute Gasteiger partial charge is 0.337 e. The van der Waals surface area contributed by atoms with Gasteiger partial charge in [-0.2, -0.15) is 5.26 Å². The van der Waals surface area contributed by atoms with Gasteiger partial charge < -0.3 is 15.7 Å². The first-order valence-electron chi connectivity index (χ1n) is 6.34. The highest BCUT2D eigenvalue weighted by Crippen LogP contribution is 2.23. The molecule has 0 aromatic heterocycles. The average Bonchev–Trinajstić information content (AvgIpc) is 2.47. The molecule has 0 atom stereocenters. The minimum Gasteiger partial charge on any atom is -0.478 e. The standard InChI is InChI=1S/C16H15N3O2/c1-19(10-12-4-2-11(9-17)3-5-12)15-7-6-13(18)8-14(15)16(20)21/h2-8H,10,18H2,1H3,(H,20,21). The van der Waals surface area contributed by atoms with E-state index in [0.29, 0.717) is 23.5 Å². The normalized spacial score (nSPS) is 9.90. The molecule has 0 fully saturated rings. The summed E-state index contributed by atoms with van der Waals surface area (Å²) in [6, 6.07) is 14.1. The zero-order valence-corrected chi connectivity index (χ0v) is 11.6. The van der Waals surface area contributed by atoms with Crippen LogP contribution in [0.5, 0.6) is 0 Å². The Morgan fingerprint density at radius 3 is 2.52 bits per heavy atom. The van der Waals surface area contributed by atoms with Crippen molar-refractivity contribution in [2.24, 2.45) is 0 Å². The molecule has 0 bridgehead atoms. The number of benzene rings is 2. The van der Waals surface area contributed by atoms with Gasteiger partial charge in [0.2, 0.25) is 0 Å². The van der Waals surface area contributed by atoms with Crippen LogP contribution in [0.2, 0.25) is 0 Å². The lowest BCUT2D eigenvalue weighted by atomic mass is 10.1. The molecule has 0 aliphatic heterocycles. The lowest BCUT2D eigenvalue weighted by molar-refractivity contribution is 0.0697. The number of carboxylic acids is 1. The molecule has 0 saturated heterocycles. The van der Waals surface area contributed by atoms with Crippen LogP contribution >= 0.6 is 0 Å². The molecular formula is C16H15N3O2. The molecule has 5 nitrogen and oxygen atoms in total. The van der Waals surface area contributed by atoms with Crippen molar-refractivity contribution >= 4 is 17.3 Å². The first kappa shape index (κ1) is 14.4. The molecule has 0 saturated carbocycles. The minimum atomic E-state index is -1.01. The summed E-state index contributed by atoms with van der Waals surface area (Å²) in [5.41, 5.74) is 8.42. The lowest BCUT2D eigenvalue weighted by Crippen LogP contribution is -2.19. The zero-order valence-electron chi connectivity index (χ0n) is 11.6. The van der Waals surface area contributed by atoms with Gasteiger partial charge in [-0.25, -0.2) is 4.79 Å². The summed E-state index contributed by atoms with van der Waals surface area (Å²) >= 11 is 0. The fourth-order valence-corrected chi connectivity index (χ4v) is 2.10. The summed E-state index contributed by atoms with van der Waals surface area (Å²) in [6.07, 6.45) is 0. The fraction of sp³-hybridized carbons (Fsp3) is 0.125. The molecule has 3 N–H and O–H groups in total. The van der Waals surface area contributed by atoms with Gasteiger partial charge in [0.1, 0.15) is 0 Å². The summed E-state index contributed by atoms with van der Waals surface area (Å²) in [4.78, 5) is 13.1. The average molecular weight is 281 g/mol. The van der Waals surface area contributed by atoms with Crippen molar-refractivity contribution in [2.45, 2.75) is 6.54 Å². The maximum Gasteiger partial charge on any atom is 0.337 e. The van der Waals surface area contributed by atoms with Crippen molar-refractivity contribution in [1.29, 1.82) is 5.26 Å². The monoisotopic (exact) mass is 281 g/mol. The number of aromatic carboxylic acids is 1. The number of hydrogen-bond acceptors (Lipinski definition) is 4. The molecule has 0 aliphatic rings. The Balaban J connectivity index is 2.25.